The third-order valence-corrected chi connectivity index (χ3v) is 4.89. The fourth-order valence-electron chi connectivity index (χ4n) is 2.52. The molecule has 1 aromatic rings. The minimum absolute atomic E-state index is 0.0586. The molecule has 0 aliphatic rings. The van der Waals surface area contributed by atoms with Gasteiger partial charge < -0.3 is 15.5 Å². The highest BCUT2D eigenvalue weighted by molar-refractivity contribution is 7.90. The van der Waals surface area contributed by atoms with E-state index in [4.69, 9.17) is 0 Å². The van der Waals surface area contributed by atoms with Crippen LogP contribution in [0.15, 0.2) is 35.3 Å². The molecule has 0 amide bonds. The van der Waals surface area contributed by atoms with Gasteiger partial charge in [-0.2, -0.15) is 0 Å². The summed E-state index contributed by atoms with van der Waals surface area (Å²) >= 11 is 0. The first-order valence-corrected chi connectivity index (χ1v) is 11.3. The molecule has 1 atom stereocenters. The molecule has 6 nitrogen and oxygen atoms in total. The number of aliphatic imine (C=N–C) groups is 1. The Morgan fingerprint density at radius 2 is 1.96 bits per heavy atom. The minimum atomic E-state index is -2.93. The summed E-state index contributed by atoms with van der Waals surface area (Å²) < 4.78 is 22.5. The maximum atomic E-state index is 11.3. The van der Waals surface area contributed by atoms with Crippen molar-refractivity contribution in [2.24, 2.45) is 4.99 Å². The lowest BCUT2D eigenvalue weighted by molar-refractivity contribution is 0.324. The first-order chi connectivity index (χ1) is 12.3. The Kier molecular flexibility index (Phi) is 10.3. The van der Waals surface area contributed by atoms with Crippen LogP contribution in [0.1, 0.15) is 32.3 Å². The SMILES string of the molecule is CCNC(=NCCCN(C)Cc1ccccc1)NC(C)CCS(C)(=O)=O. The van der Waals surface area contributed by atoms with Crippen molar-refractivity contribution >= 4 is 15.8 Å². The van der Waals surface area contributed by atoms with Crippen LogP contribution in [0.25, 0.3) is 0 Å². The molecule has 7 heteroatoms. The monoisotopic (exact) mass is 382 g/mol. The van der Waals surface area contributed by atoms with Gasteiger partial charge in [-0.3, -0.25) is 4.99 Å². The van der Waals surface area contributed by atoms with Crippen molar-refractivity contribution in [1.29, 1.82) is 0 Å². The van der Waals surface area contributed by atoms with E-state index < -0.39 is 9.84 Å². The average Bonchev–Trinajstić information content (AvgIpc) is 2.57. The van der Waals surface area contributed by atoms with Gasteiger partial charge in [0.25, 0.3) is 0 Å². The fourth-order valence-corrected chi connectivity index (χ4v) is 3.30. The minimum Gasteiger partial charge on any atom is -0.357 e. The third kappa shape index (κ3) is 11.1. The summed E-state index contributed by atoms with van der Waals surface area (Å²) in [6.45, 7) is 7.41. The molecule has 0 aliphatic carbocycles. The van der Waals surface area contributed by atoms with Gasteiger partial charge in [0.05, 0.1) is 5.75 Å². The van der Waals surface area contributed by atoms with Crippen molar-refractivity contribution in [2.45, 2.75) is 39.3 Å². The highest BCUT2D eigenvalue weighted by atomic mass is 32.2. The van der Waals surface area contributed by atoms with Crippen LogP contribution in [0, 0.1) is 0 Å². The lowest BCUT2D eigenvalue weighted by atomic mass is 10.2. The van der Waals surface area contributed by atoms with E-state index in [1.165, 1.54) is 11.8 Å². The van der Waals surface area contributed by atoms with Crippen molar-refractivity contribution < 1.29 is 8.42 Å². The number of rotatable bonds is 11. The molecule has 1 rings (SSSR count). The van der Waals surface area contributed by atoms with Gasteiger partial charge in [0.1, 0.15) is 9.84 Å². The topological polar surface area (TPSA) is 73.8 Å². The zero-order valence-corrected chi connectivity index (χ0v) is 17.3. The van der Waals surface area contributed by atoms with Crippen molar-refractivity contribution in [3.63, 3.8) is 0 Å². The molecule has 0 saturated heterocycles. The second-order valence-corrected chi connectivity index (χ2v) is 9.06. The van der Waals surface area contributed by atoms with Crippen molar-refractivity contribution in [1.82, 2.24) is 15.5 Å². The predicted octanol–water partition coefficient (Wildman–Crippen LogP) is 1.89. The van der Waals surface area contributed by atoms with E-state index in [1.807, 2.05) is 19.9 Å². The van der Waals surface area contributed by atoms with Crippen LogP contribution in [-0.2, 0) is 16.4 Å². The Hall–Kier alpha value is -1.60. The Morgan fingerprint density at radius 1 is 1.27 bits per heavy atom. The zero-order chi connectivity index (χ0) is 19.4. The lowest BCUT2D eigenvalue weighted by Crippen LogP contribution is -2.43. The standard InChI is InChI=1S/C19H34N4O2S/c1-5-20-19(22-17(2)12-15-26(4,24)25)21-13-9-14-23(3)16-18-10-7-6-8-11-18/h6-8,10-11,17H,5,9,12-16H2,1-4H3,(H2,20,21,22). The van der Waals surface area contributed by atoms with E-state index in [0.29, 0.717) is 6.42 Å². The molecule has 1 unspecified atom stereocenters. The molecule has 0 spiro atoms. The van der Waals surface area contributed by atoms with Crippen molar-refractivity contribution in [3.8, 4) is 0 Å². The van der Waals surface area contributed by atoms with E-state index in [9.17, 15) is 8.42 Å². The van der Waals surface area contributed by atoms with Gasteiger partial charge in [0, 0.05) is 31.9 Å². The van der Waals surface area contributed by atoms with Crippen LogP contribution in [0.2, 0.25) is 0 Å². The van der Waals surface area contributed by atoms with Gasteiger partial charge in [-0.1, -0.05) is 30.3 Å². The third-order valence-electron chi connectivity index (χ3n) is 3.91. The molecule has 0 aliphatic heterocycles. The number of sulfone groups is 1. The zero-order valence-electron chi connectivity index (χ0n) is 16.5. The van der Waals surface area contributed by atoms with E-state index in [-0.39, 0.29) is 11.8 Å². The van der Waals surface area contributed by atoms with Crippen LogP contribution in [-0.4, -0.2) is 64.0 Å². The number of guanidine groups is 1. The Balaban J connectivity index is 2.36. The molecule has 0 aromatic heterocycles. The lowest BCUT2D eigenvalue weighted by Gasteiger charge is -2.18. The Bertz CT molecular complexity index is 632. The van der Waals surface area contributed by atoms with Gasteiger partial charge in [0.15, 0.2) is 5.96 Å². The number of nitrogens with one attached hydrogen (secondary N) is 2. The molecule has 0 bridgehead atoms. The largest absolute Gasteiger partial charge is 0.357 e. The van der Waals surface area contributed by atoms with Crippen LogP contribution in [0.3, 0.4) is 0 Å². The molecule has 0 saturated carbocycles. The molecule has 26 heavy (non-hydrogen) atoms. The number of nitrogens with zero attached hydrogens (tertiary/aromatic N) is 2. The van der Waals surface area contributed by atoms with Gasteiger partial charge >= 0.3 is 0 Å². The molecule has 2 N–H and O–H groups in total. The van der Waals surface area contributed by atoms with Crippen LogP contribution in [0.4, 0.5) is 0 Å². The summed E-state index contributed by atoms with van der Waals surface area (Å²) in [5.41, 5.74) is 1.31. The second-order valence-electron chi connectivity index (χ2n) is 6.80. The average molecular weight is 383 g/mol. The predicted molar refractivity (Wildman–Crippen MR) is 110 cm³/mol. The number of benzene rings is 1. The summed E-state index contributed by atoms with van der Waals surface area (Å²) in [5.74, 6) is 0.935. The van der Waals surface area contributed by atoms with Crippen molar-refractivity contribution in [3.05, 3.63) is 35.9 Å². The van der Waals surface area contributed by atoms with Gasteiger partial charge in [-0.15, -0.1) is 0 Å². The van der Waals surface area contributed by atoms with E-state index in [0.717, 1.165) is 38.6 Å². The number of hydrogen-bond acceptors (Lipinski definition) is 4. The van der Waals surface area contributed by atoms with Crippen LogP contribution >= 0.6 is 0 Å². The molecular weight excluding hydrogens is 348 g/mol. The molecule has 0 fully saturated rings. The normalized spacial score (nSPS) is 13.7. The highest BCUT2D eigenvalue weighted by Crippen LogP contribution is 2.03. The van der Waals surface area contributed by atoms with E-state index in [2.05, 4.69) is 51.8 Å². The number of hydrogen-bond donors (Lipinski definition) is 2. The maximum absolute atomic E-state index is 11.3. The van der Waals surface area contributed by atoms with Crippen molar-refractivity contribution in [2.75, 3.05) is 38.7 Å². The summed E-state index contributed by atoms with van der Waals surface area (Å²) in [5, 5.41) is 6.49. The van der Waals surface area contributed by atoms with Gasteiger partial charge in [-0.05, 0) is 45.8 Å². The molecule has 148 valence electrons. The smallest absolute Gasteiger partial charge is 0.191 e. The summed E-state index contributed by atoms with van der Waals surface area (Å²) in [7, 11) is -0.811. The molecule has 0 heterocycles. The molecular formula is C19H34N4O2S. The second kappa shape index (κ2) is 11.9. The summed E-state index contributed by atoms with van der Waals surface area (Å²) in [4.78, 5) is 6.89. The van der Waals surface area contributed by atoms with E-state index in [1.54, 1.807) is 0 Å². The van der Waals surface area contributed by atoms with Crippen LogP contribution < -0.4 is 10.6 Å². The first kappa shape index (κ1) is 22.4. The summed E-state index contributed by atoms with van der Waals surface area (Å²) in [6, 6.07) is 10.5. The maximum Gasteiger partial charge on any atom is 0.191 e. The first-order valence-electron chi connectivity index (χ1n) is 9.25. The van der Waals surface area contributed by atoms with Crippen LogP contribution in [0.5, 0.6) is 0 Å². The fraction of sp³-hybridized carbons (Fsp3) is 0.632. The van der Waals surface area contributed by atoms with E-state index >= 15 is 0 Å². The highest BCUT2D eigenvalue weighted by Gasteiger charge is 2.09. The Labute approximate surface area is 159 Å². The Morgan fingerprint density at radius 3 is 2.58 bits per heavy atom. The molecule has 0 radical (unpaired) electrons. The molecule has 1 aromatic carbocycles. The van der Waals surface area contributed by atoms with Gasteiger partial charge in [0.2, 0.25) is 0 Å². The summed E-state index contributed by atoms with van der Waals surface area (Å²) in [6.07, 6.45) is 2.81. The van der Waals surface area contributed by atoms with Gasteiger partial charge in [-0.25, -0.2) is 8.42 Å². The quantitative estimate of drug-likeness (QED) is 0.347.